The molecular formula is C41H25NO. The Balaban J connectivity index is 1.25. The first-order valence-corrected chi connectivity index (χ1v) is 14.6. The summed E-state index contributed by atoms with van der Waals surface area (Å²) in [5.74, 6) is 0. The van der Waals surface area contributed by atoms with Crippen molar-refractivity contribution in [3.8, 4) is 66.8 Å². The third-order valence-corrected chi connectivity index (χ3v) is 8.72. The lowest BCUT2D eigenvalue weighted by atomic mass is 9.80. The van der Waals surface area contributed by atoms with Crippen molar-refractivity contribution in [1.82, 2.24) is 4.98 Å². The van der Waals surface area contributed by atoms with Gasteiger partial charge in [-0.15, -0.1) is 0 Å². The minimum Gasteiger partial charge on any atom is -0.454 e. The predicted molar refractivity (Wildman–Crippen MR) is 178 cm³/mol. The monoisotopic (exact) mass is 547 g/mol. The van der Waals surface area contributed by atoms with Crippen molar-refractivity contribution in [2.24, 2.45) is 0 Å². The molecule has 2 heterocycles. The first-order valence-electron chi connectivity index (χ1n) is 14.6. The molecule has 0 bridgehead atoms. The first kappa shape index (κ1) is 23.9. The molecule has 200 valence electrons. The summed E-state index contributed by atoms with van der Waals surface area (Å²) in [4.78, 5) is 4.58. The number of rotatable bonds is 2. The van der Waals surface area contributed by atoms with Gasteiger partial charge in [0, 0.05) is 17.1 Å². The van der Waals surface area contributed by atoms with Crippen molar-refractivity contribution >= 4 is 22.1 Å². The Labute approximate surface area is 249 Å². The van der Waals surface area contributed by atoms with E-state index in [9.17, 15) is 0 Å². The number of aromatic nitrogens is 1. The van der Waals surface area contributed by atoms with E-state index >= 15 is 0 Å². The van der Waals surface area contributed by atoms with E-state index in [-0.39, 0.29) is 0 Å². The van der Waals surface area contributed by atoms with Crippen LogP contribution < -0.4 is 0 Å². The maximum atomic E-state index is 6.32. The lowest BCUT2D eigenvalue weighted by molar-refractivity contribution is 0.669. The second-order valence-electron chi connectivity index (χ2n) is 11.1. The number of furan rings is 1. The van der Waals surface area contributed by atoms with Gasteiger partial charge >= 0.3 is 0 Å². The average Bonchev–Trinajstić information content (AvgIpc) is 3.47. The Morgan fingerprint density at radius 1 is 0.372 bits per heavy atom. The molecule has 0 atom stereocenters. The highest BCUT2D eigenvalue weighted by atomic mass is 16.3. The molecule has 6 aromatic carbocycles. The van der Waals surface area contributed by atoms with Gasteiger partial charge in [0.1, 0.15) is 11.1 Å². The van der Waals surface area contributed by atoms with E-state index < -0.39 is 0 Å². The number of hydrogen-bond acceptors (Lipinski definition) is 2. The molecule has 0 N–H and O–H groups in total. The van der Waals surface area contributed by atoms with Crippen molar-refractivity contribution in [2.45, 2.75) is 0 Å². The van der Waals surface area contributed by atoms with Gasteiger partial charge in [0.15, 0.2) is 5.58 Å². The molecule has 9 rings (SSSR count). The summed E-state index contributed by atoms with van der Waals surface area (Å²) in [7, 11) is 0. The highest BCUT2D eigenvalue weighted by Crippen LogP contribution is 2.48. The molecule has 0 amide bonds. The van der Waals surface area contributed by atoms with E-state index in [1.54, 1.807) is 0 Å². The summed E-state index contributed by atoms with van der Waals surface area (Å²) in [6, 6.07) is 52.3. The molecule has 0 saturated heterocycles. The molecule has 0 radical (unpaired) electrons. The lowest BCUT2D eigenvalue weighted by Gasteiger charge is -2.23. The van der Waals surface area contributed by atoms with Crippen LogP contribution in [0.15, 0.2) is 156 Å². The van der Waals surface area contributed by atoms with Crippen molar-refractivity contribution in [3.63, 3.8) is 0 Å². The normalized spacial score (nSPS) is 11.7. The lowest BCUT2D eigenvalue weighted by Crippen LogP contribution is -1.97. The van der Waals surface area contributed by atoms with Crippen LogP contribution in [0.3, 0.4) is 0 Å². The minimum absolute atomic E-state index is 0.809. The second-order valence-corrected chi connectivity index (χ2v) is 11.1. The molecule has 8 aromatic rings. The van der Waals surface area contributed by atoms with Gasteiger partial charge in [-0.25, -0.2) is 0 Å². The molecule has 0 saturated carbocycles. The van der Waals surface area contributed by atoms with Gasteiger partial charge < -0.3 is 4.42 Å². The van der Waals surface area contributed by atoms with Crippen LogP contribution >= 0.6 is 0 Å². The Hall–Kier alpha value is -5.73. The Morgan fingerprint density at radius 3 is 1.58 bits per heavy atom. The fraction of sp³-hybridized carbons (Fsp3) is 0. The van der Waals surface area contributed by atoms with Crippen molar-refractivity contribution in [1.29, 1.82) is 0 Å². The molecule has 0 aliphatic heterocycles. The van der Waals surface area contributed by atoms with Gasteiger partial charge in [-0.2, -0.15) is 0 Å². The minimum atomic E-state index is 0.809. The van der Waals surface area contributed by atoms with Gasteiger partial charge in [0.2, 0.25) is 0 Å². The Bertz CT molecular complexity index is 2350. The fourth-order valence-corrected chi connectivity index (χ4v) is 6.75. The maximum absolute atomic E-state index is 6.32. The van der Waals surface area contributed by atoms with Crippen LogP contribution in [0.2, 0.25) is 0 Å². The Morgan fingerprint density at radius 2 is 0.907 bits per heavy atom. The van der Waals surface area contributed by atoms with Crippen LogP contribution in [0.25, 0.3) is 88.8 Å². The van der Waals surface area contributed by atoms with Crippen LogP contribution in [0, 0.1) is 0 Å². The van der Waals surface area contributed by atoms with E-state index in [0.29, 0.717) is 0 Å². The number of benzene rings is 6. The Kier molecular flexibility index (Phi) is 5.23. The largest absolute Gasteiger partial charge is 0.454 e. The molecule has 1 aliphatic carbocycles. The van der Waals surface area contributed by atoms with E-state index in [0.717, 1.165) is 33.2 Å². The van der Waals surface area contributed by atoms with Crippen LogP contribution in [0.5, 0.6) is 0 Å². The summed E-state index contributed by atoms with van der Waals surface area (Å²) >= 11 is 0. The number of hydrogen-bond donors (Lipinski definition) is 0. The summed E-state index contributed by atoms with van der Waals surface area (Å²) in [6.07, 6.45) is 1.82. The number of nitrogens with zero attached hydrogens (tertiary/aromatic N) is 1. The molecule has 0 spiro atoms. The first-order chi connectivity index (χ1) is 21.3. The van der Waals surface area contributed by atoms with Gasteiger partial charge in [-0.1, -0.05) is 115 Å². The molecule has 0 fully saturated rings. The topological polar surface area (TPSA) is 26.0 Å². The van der Waals surface area contributed by atoms with Crippen molar-refractivity contribution < 1.29 is 4.42 Å². The predicted octanol–water partition coefficient (Wildman–Crippen LogP) is 11.3. The van der Waals surface area contributed by atoms with E-state index in [1.165, 1.54) is 55.6 Å². The quantitative estimate of drug-likeness (QED) is 0.215. The van der Waals surface area contributed by atoms with Gasteiger partial charge in [0.25, 0.3) is 0 Å². The molecule has 2 aromatic heterocycles. The summed E-state index contributed by atoms with van der Waals surface area (Å²) in [5.41, 5.74) is 17.1. The molecule has 1 aliphatic rings. The zero-order valence-electron chi connectivity index (χ0n) is 23.3. The van der Waals surface area contributed by atoms with Gasteiger partial charge in [0.05, 0.1) is 0 Å². The average molecular weight is 548 g/mol. The summed E-state index contributed by atoms with van der Waals surface area (Å²) in [6.45, 7) is 0. The van der Waals surface area contributed by atoms with Crippen LogP contribution in [-0.2, 0) is 0 Å². The molecule has 2 heteroatoms. The smallest absolute Gasteiger partial charge is 0.153 e. The van der Waals surface area contributed by atoms with Crippen LogP contribution in [0.4, 0.5) is 0 Å². The van der Waals surface area contributed by atoms with E-state index in [1.807, 2.05) is 18.3 Å². The van der Waals surface area contributed by atoms with Crippen LogP contribution in [-0.4, -0.2) is 4.98 Å². The zero-order chi connectivity index (χ0) is 28.3. The van der Waals surface area contributed by atoms with E-state index in [2.05, 4.69) is 138 Å². The van der Waals surface area contributed by atoms with Crippen molar-refractivity contribution in [3.05, 3.63) is 152 Å². The van der Waals surface area contributed by atoms with E-state index in [4.69, 9.17) is 4.42 Å². The SMILES string of the molecule is c1cc(-c2ccc3c(c2)-c2ccccc2-c2ccccc2-c2ccccc2-3)cc(-c2cccc3c2oc2cccnc23)c1. The third kappa shape index (κ3) is 3.70. The van der Waals surface area contributed by atoms with Crippen LogP contribution in [0.1, 0.15) is 0 Å². The summed E-state index contributed by atoms with van der Waals surface area (Å²) in [5, 5.41) is 1.04. The van der Waals surface area contributed by atoms with Crippen molar-refractivity contribution in [2.75, 3.05) is 0 Å². The number of para-hydroxylation sites is 1. The molecule has 2 nitrogen and oxygen atoms in total. The standard InChI is InChI=1S/C41H25NO/c1-2-13-31-30(12-1)32-14-3-4-16-34(32)36-22-21-27(25-38(36)35-17-6-5-15-33(31)35)26-10-7-11-28(24-26)29-18-8-19-37-40-39(43-41(29)37)20-9-23-42-40/h1-25H. The maximum Gasteiger partial charge on any atom is 0.153 e. The fourth-order valence-electron chi connectivity index (χ4n) is 6.75. The number of fused-ring (bicyclic) bond motifs is 11. The number of pyridine rings is 1. The highest BCUT2D eigenvalue weighted by molar-refractivity contribution is 6.08. The second kappa shape index (κ2) is 9.40. The molecular weight excluding hydrogens is 522 g/mol. The highest BCUT2D eigenvalue weighted by Gasteiger charge is 2.22. The van der Waals surface area contributed by atoms with Gasteiger partial charge in [-0.3, -0.25) is 4.98 Å². The third-order valence-electron chi connectivity index (χ3n) is 8.72. The van der Waals surface area contributed by atoms with Gasteiger partial charge in [-0.05, 0) is 91.5 Å². The zero-order valence-corrected chi connectivity index (χ0v) is 23.3. The molecule has 0 unspecified atom stereocenters. The summed E-state index contributed by atoms with van der Waals surface area (Å²) < 4.78 is 6.32. The molecule has 43 heavy (non-hydrogen) atoms.